The van der Waals surface area contributed by atoms with Gasteiger partial charge in [0.25, 0.3) is 0 Å². The van der Waals surface area contributed by atoms with Crippen LogP contribution < -0.4 is 5.11 Å². The number of rotatable bonds is 12. The molecule has 3 rings (SSSR count). The number of aliphatic hydroxyl groups excluding tert-OH is 2. The summed E-state index contributed by atoms with van der Waals surface area (Å²) in [6.07, 6.45) is 9.54. The fraction of sp³-hybridized carbons (Fsp3) is 0.500. The minimum Gasteiger partial charge on any atom is -0.550 e. The van der Waals surface area contributed by atoms with E-state index in [0.717, 1.165) is 61.2 Å². The molecule has 1 aromatic carbocycles. The van der Waals surface area contributed by atoms with Crippen LogP contribution in [-0.2, 0) is 17.6 Å². The quantitative estimate of drug-likeness (QED) is 0.404. The number of nitrogens with zero attached hydrogens (tertiary/aromatic N) is 1. The number of carbonyl (C=O) groups is 1. The summed E-state index contributed by atoms with van der Waals surface area (Å²) in [4.78, 5) is 10.7. The zero-order chi connectivity index (χ0) is 22.2. The summed E-state index contributed by atoms with van der Waals surface area (Å²) in [7, 11) is 0. The zero-order valence-corrected chi connectivity index (χ0v) is 18.4. The third kappa shape index (κ3) is 6.08. The molecule has 5 heteroatoms. The predicted octanol–water partition coefficient (Wildman–Crippen LogP) is 3.44. The van der Waals surface area contributed by atoms with Crippen molar-refractivity contribution < 1.29 is 20.1 Å². The van der Waals surface area contributed by atoms with Gasteiger partial charge in [0.15, 0.2) is 0 Å². The van der Waals surface area contributed by atoms with Crippen molar-refractivity contribution in [2.75, 3.05) is 0 Å². The summed E-state index contributed by atoms with van der Waals surface area (Å²) in [5, 5.41) is 31.7. The number of para-hydroxylation sites is 1. The number of unbranched alkanes of at least 4 members (excludes halogenated alkanes) is 3. The third-order valence-electron chi connectivity index (χ3n) is 6.11. The normalized spacial score (nSPS) is 19.1. The monoisotopic (exact) mass is 424 g/mol. The van der Waals surface area contributed by atoms with Crippen LogP contribution in [0.15, 0.2) is 48.6 Å². The van der Waals surface area contributed by atoms with Crippen molar-refractivity contribution in [3.05, 3.63) is 65.5 Å². The summed E-state index contributed by atoms with van der Waals surface area (Å²) >= 11 is 0. The smallest absolute Gasteiger partial charge is 0.0721 e. The summed E-state index contributed by atoms with van der Waals surface area (Å²) < 4.78 is 2.21. The Morgan fingerprint density at radius 2 is 2.00 bits per heavy atom. The van der Waals surface area contributed by atoms with E-state index in [9.17, 15) is 20.1 Å². The highest BCUT2D eigenvalue weighted by molar-refractivity contribution is 5.64. The second-order valence-corrected chi connectivity index (χ2v) is 8.53. The Bertz CT molecular complexity index is 871. The number of fused-ring (bicyclic) bond motifs is 1. The highest BCUT2D eigenvalue weighted by Gasteiger charge is 2.34. The largest absolute Gasteiger partial charge is 0.550 e. The van der Waals surface area contributed by atoms with Crippen LogP contribution in [-0.4, -0.2) is 33.0 Å². The number of carbonyl (C=O) groups excluding carboxylic acids is 1. The SMILES string of the molecule is CCCCC[C@H](O)/C=C/[C@@H]1c2cc(CCCCC(=O)[O-])n(-c3ccccc3)c2C[C@H]1O. The summed E-state index contributed by atoms with van der Waals surface area (Å²) in [6.45, 7) is 2.15. The molecule has 1 heterocycles. The van der Waals surface area contributed by atoms with Gasteiger partial charge >= 0.3 is 0 Å². The Kier molecular flexibility index (Phi) is 8.50. The first-order valence-corrected chi connectivity index (χ1v) is 11.5. The first-order valence-electron chi connectivity index (χ1n) is 11.5. The van der Waals surface area contributed by atoms with E-state index in [0.29, 0.717) is 12.8 Å². The van der Waals surface area contributed by atoms with E-state index in [-0.39, 0.29) is 12.3 Å². The van der Waals surface area contributed by atoms with Gasteiger partial charge < -0.3 is 24.7 Å². The van der Waals surface area contributed by atoms with E-state index < -0.39 is 18.2 Å². The Morgan fingerprint density at radius 3 is 2.71 bits per heavy atom. The molecule has 0 fully saturated rings. The van der Waals surface area contributed by atoms with Crippen molar-refractivity contribution in [2.24, 2.45) is 0 Å². The minimum absolute atomic E-state index is 0.0752. The van der Waals surface area contributed by atoms with Gasteiger partial charge in [0, 0.05) is 35.4 Å². The Balaban J connectivity index is 1.82. The molecule has 0 amide bonds. The molecular weight excluding hydrogens is 390 g/mol. The summed E-state index contributed by atoms with van der Waals surface area (Å²) in [5.41, 5.74) is 4.38. The first-order chi connectivity index (χ1) is 15.0. The minimum atomic E-state index is -1.01. The lowest BCUT2D eigenvalue weighted by molar-refractivity contribution is -0.305. The molecule has 0 radical (unpaired) electrons. The highest BCUT2D eigenvalue weighted by Crippen LogP contribution is 2.39. The van der Waals surface area contributed by atoms with Gasteiger partial charge in [-0.25, -0.2) is 0 Å². The molecule has 5 nitrogen and oxygen atoms in total. The highest BCUT2D eigenvalue weighted by atomic mass is 16.4. The molecule has 0 aliphatic heterocycles. The lowest BCUT2D eigenvalue weighted by Gasteiger charge is -2.15. The maximum absolute atomic E-state index is 10.7. The fourth-order valence-electron chi connectivity index (χ4n) is 4.50. The van der Waals surface area contributed by atoms with Crippen LogP contribution >= 0.6 is 0 Å². The topological polar surface area (TPSA) is 85.5 Å². The van der Waals surface area contributed by atoms with Crippen LogP contribution in [0.3, 0.4) is 0 Å². The van der Waals surface area contributed by atoms with Crippen LogP contribution in [0.25, 0.3) is 5.69 Å². The molecule has 2 aromatic rings. The number of hydrogen-bond donors (Lipinski definition) is 2. The molecule has 0 spiro atoms. The molecule has 168 valence electrons. The average Bonchev–Trinajstić information content (AvgIpc) is 3.24. The van der Waals surface area contributed by atoms with Gasteiger partial charge in [0.1, 0.15) is 0 Å². The number of aliphatic hydroxyl groups is 2. The van der Waals surface area contributed by atoms with Crippen LogP contribution in [0.4, 0.5) is 0 Å². The maximum atomic E-state index is 10.7. The second kappa shape index (κ2) is 11.3. The molecule has 0 bridgehead atoms. The average molecular weight is 425 g/mol. The summed E-state index contributed by atoms with van der Waals surface area (Å²) in [5.74, 6) is -1.14. The Labute approximate surface area is 185 Å². The van der Waals surface area contributed by atoms with Crippen LogP contribution in [0.1, 0.15) is 74.7 Å². The van der Waals surface area contributed by atoms with Gasteiger partial charge in [-0.1, -0.05) is 56.5 Å². The van der Waals surface area contributed by atoms with Crippen molar-refractivity contribution >= 4 is 5.97 Å². The number of hydrogen-bond acceptors (Lipinski definition) is 4. The lowest BCUT2D eigenvalue weighted by atomic mass is 9.98. The molecule has 1 aliphatic carbocycles. The van der Waals surface area contributed by atoms with E-state index in [1.54, 1.807) is 0 Å². The van der Waals surface area contributed by atoms with Crippen molar-refractivity contribution in [1.82, 2.24) is 4.57 Å². The van der Waals surface area contributed by atoms with E-state index in [2.05, 4.69) is 29.7 Å². The van der Waals surface area contributed by atoms with Crippen LogP contribution in [0, 0.1) is 0 Å². The third-order valence-corrected chi connectivity index (χ3v) is 6.11. The van der Waals surface area contributed by atoms with E-state index in [4.69, 9.17) is 0 Å². The van der Waals surface area contributed by atoms with E-state index >= 15 is 0 Å². The summed E-state index contributed by atoms with van der Waals surface area (Å²) in [6, 6.07) is 12.2. The molecule has 0 unspecified atom stereocenters. The van der Waals surface area contributed by atoms with E-state index in [1.165, 1.54) is 0 Å². The van der Waals surface area contributed by atoms with Gasteiger partial charge in [-0.05, 0) is 55.9 Å². The number of aliphatic carboxylic acids is 1. The van der Waals surface area contributed by atoms with Crippen molar-refractivity contribution in [2.45, 2.75) is 82.8 Å². The van der Waals surface area contributed by atoms with Gasteiger partial charge in [-0.2, -0.15) is 0 Å². The molecule has 3 atom stereocenters. The number of aromatic nitrogens is 1. The van der Waals surface area contributed by atoms with Gasteiger partial charge in [-0.15, -0.1) is 0 Å². The second-order valence-electron chi connectivity index (χ2n) is 8.53. The predicted molar refractivity (Wildman–Crippen MR) is 120 cm³/mol. The van der Waals surface area contributed by atoms with Crippen LogP contribution in [0.2, 0.25) is 0 Å². The van der Waals surface area contributed by atoms with Crippen molar-refractivity contribution in [3.8, 4) is 5.69 Å². The number of aryl methyl sites for hydroxylation is 1. The van der Waals surface area contributed by atoms with Crippen molar-refractivity contribution in [3.63, 3.8) is 0 Å². The standard InChI is InChI=1S/C26H35NO4/c1-2-3-5-13-21(28)15-16-22-23-17-20(12-8-9-14-26(30)31)27(24(23)18-25(22)29)19-10-6-4-7-11-19/h4,6-7,10-11,15-17,21-22,25,28-29H,2-3,5,8-9,12-14,18H2,1H3,(H,30,31)/p-1/b16-15+/t21-,22+,25+/m0/s1. The van der Waals surface area contributed by atoms with Gasteiger partial charge in [-0.3, -0.25) is 0 Å². The fourth-order valence-corrected chi connectivity index (χ4v) is 4.50. The number of benzene rings is 1. The van der Waals surface area contributed by atoms with Gasteiger partial charge in [0.2, 0.25) is 0 Å². The number of carboxylic acid groups (broad SMARTS) is 1. The molecule has 0 saturated heterocycles. The maximum Gasteiger partial charge on any atom is 0.0721 e. The lowest BCUT2D eigenvalue weighted by Crippen LogP contribution is -2.21. The molecule has 1 aromatic heterocycles. The molecule has 31 heavy (non-hydrogen) atoms. The Morgan fingerprint density at radius 1 is 1.23 bits per heavy atom. The van der Waals surface area contributed by atoms with Gasteiger partial charge in [0.05, 0.1) is 12.2 Å². The zero-order valence-electron chi connectivity index (χ0n) is 18.4. The first kappa shape index (κ1) is 23.3. The van der Waals surface area contributed by atoms with Crippen LogP contribution in [0.5, 0.6) is 0 Å². The molecule has 0 saturated carbocycles. The number of carboxylic acids is 1. The van der Waals surface area contributed by atoms with Crippen molar-refractivity contribution in [1.29, 1.82) is 0 Å². The van der Waals surface area contributed by atoms with E-state index in [1.807, 2.05) is 30.4 Å². The molecular formula is C26H34NO4-. The molecule has 2 N–H and O–H groups in total. The Hall–Kier alpha value is -2.37. The molecule has 1 aliphatic rings.